The summed E-state index contributed by atoms with van der Waals surface area (Å²) in [6, 6.07) is 0.456. The highest BCUT2D eigenvalue weighted by molar-refractivity contribution is 5.76. The van der Waals surface area contributed by atoms with Gasteiger partial charge in [-0.05, 0) is 37.5 Å². The average Bonchev–Trinajstić information content (AvgIpc) is 2.07. The maximum absolute atomic E-state index is 11.5. The van der Waals surface area contributed by atoms with Crippen LogP contribution in [0.5, 0.6) is 0 Å². The number of carbonyl (C=O) groups excluding carboxylic acids is 1. The highest BCUT2D eigenvalue weighted by Crippen LogP contribution is 2.23. The zero-order valence-electron chi connectivity index (χ0n) is 9.68. The summed E-state index contributed by atoms with van der Waals surface area (Å²) in [6.07, 6.45) is 5.56. The Morgan fingerprint density at radius 1 is 1.29 bits per heavy atom. The first-order valence-corrected chi connectivity index (χ1v) is 5.87. The van der Waals surface area contributed by atoms with E-state index in [1.807, 2.05) is 0 Å². The van der Waals surface area contributed by atoms with Crippen LogP contribution in [0.1, 0.15) is 52.9 Å². The summed E-state index contributed by atoms with van der Waals surface area (Å²) in [6.45, 7) is 6.47. The topological polar surface area (TPSA) is 29.1 Å². The third-order valence-corrected chi connectivity index (χ3v) is 2.97. The van der Waals surface area contributed by atoms with E-state index in [1.165, 1.54) is 25.7 Å². The number of nitrogens with one attached hydrogen (secondary N) is 1. The van der Waals surface area contributed by atoms with Crippen molar-refractivity contribution in [3.05, 3.63) is 0 Å². The Morgan fingerprint density at radius 3 is 2.36 bits per heavy atom. The molecule has 0 aromatic heterocycles. The van der Waals surface area contributed by atoms with Crippen molar-refractivity contribution >= 4 is 5.91 Å². The Labute approximate surface area is 87.5 Å². The number of carbonyl (C=O) groups is 1. The zero-order valence-corrected chi connectivity index (χ0v) is 9.68. The van der Waals surface area contributed by atoms with Gasteiger partial charge >= 0.3 is 0 Å². The van der Waals surface area contributed by atoms with Crippen LogP contribution in [-0.4, -0.2) is 11.9 Å². The van der Waals surface area contributed by atoms with E-state index in [4.69, 9.17) is 0 Å². The third kappa shape index (κ3) is 4.12. The normalized spacial score (nSPS) is 27.7. The van der Waals surface area contributed by atoms with Crippen LogP contribution >= 0.6 is 0 Å². The van der Waals surface area contributed by atoms with Crippen LogP contribution in [0.25, 0.3) is 0 Å². The van der Waals surface area contributed by atoms with Crippen LogP contribution < -0.4 is 5.32 Å². The Morgan fingerprint density at radius 2 is 1.86 bits per heavy atom. The molecule has 1 amide bonds. The van der Waals surface area contributed by atoms with E-state index in [-0.39, 0.29) is 5.91 Å². The van der Waals surface area contributed by atoms with Crippen LogP contribution in [0.15, 0.2) is 0 Å². The first kappa shape index (κ1) is 11.5. The quantitative estimate of drug-likeness (QED) is 0.740. The summed E-state index contributed by atoms with van der Waals surface area (Å²) in [5, 5.41) is 3.13. The molecule has 1 saturated carbocycles. The molecule has 14 heavy (non-hydrogen) atoms. The fourth-order valence-corrected chi connectivity index (χ4v) is 2.06. The van der Waals surface area contributed by atoms with Gasteiger partial charge in [0, 0.05) is 12.5 Å². The van der Waals surface area contributed by atoms with Crippen molar-refractivity contribution in [3.8, 4) is 0 Å². The van der Waals surface area contributed by atoms with Gasteiger partial charge in [-0.2, -0.15) is 0 Å². The molecule has 1 N–H and O–H groups in total. The van der Waals surface area contributed by atoms with Crippen molar-refractivity contribution in [2.45, 2.75) is 58.9 Å². The monoisotopic (exact) mass is 197 g/mol. The van der Waals surface area contributed by atoms with Gasteiger partial charge < -0.3 is 5.32 Å². The van der Waals surface area contributed by atoms with Crippen LogP contribution in [0.2, 0.25) is 0 Å². The van der Waals surface area contributed by atoms with Gasteiger partial charge in [0.2, 0.25) is 5.91 Å². The molecule has 0 aromatic rings. The van der Waals surface area contributed by atoms with Crippen LogP contribution in [-0.2, 0) is 4.79 Å². The first-order chi connectivity index (χ1) is 6.58. The number of rotatable bonds is 3. The minimum Gasteiger partial charge on any atom is -0.353 e. The molecule has 82 valence electrons. The lowest BCUT2D eigenvalue weighted by Gasteiger charge is -2.27. The molecule has 1 fully saturated rings. The molecule has 2 nitrogen and oxygen atoms in total. The number of hydrogen-bond acceptors (Lipinski definition) is 1. The van der Waals surface area contributed by atoms with Crippen molar-refractivity contribution in [3.63, 3.8) is 0 Å². The molecule has 2 heteroatoms. The Kier molecular flexibility index (Phi) is 4.43. The van der Waals surface area contributed by atoms with Crippen molar-refractivity contribution in [2.24, 2.45) is 11.8 Å². The van der Waals surface area contributed by atoms with Gasteiger partial charge in [-0.25, -0.2) is 0 Å². The van der Waals surface area contributed by atoms with Crippen molar-refractivity contribution in [1.82, 2.24) is 5.32 Å². The molecule has 0 radical (unpaired) electrons. The second-order valence-electron chi connectivity index (χ2n) is 5.12. The molecule has 0 aromatic carbocycles. The summed E-state index contributed by atoms with van der Waals surface area (Å²) in [5.74, 6) is 1.56. The summed E-state index contributed by atoms with van der Waals surface area (Å²) in [7, 11) is 0. The van der Waals surface area contributed by atoms with E-state index < -0.39 is 0 Å². The molecule has 0 heterocycles. The van der Waals surface area contributed by atoms with E-state index in [1.54, 1.807) is 0 Å². The molecule has 0 unspecified atom stereocenters. The largest absolute Gasteiger partial charge is 0.353 e. The van der Waals surface area contributed by atoms with Crippen molar-refractivity contribution < 1.29 is 4.79 Å². The molecule has 1 aliphatic carbocycles. The smallest absolute Gasteiger partial charge is 0.220 e. The highest BCUT2D eigenvalue weighted by atomic mass is 16.1. The van der Waals surface area contributed by atoms with Gasteiger partial charge in [0.25, 0.3) is 0 Å². The predicted molar refractivity (Wildman–Crippen MR) is 59.0 cm³/mol. The Bertz CT molecular complexity index is 181. The van der Waals surface area contributed by atoms with E-state index in [0.29, 0.717) is 18.4 Å². The Balaban J connectivity index is 2.20. The molecule has 0 atom stereocenters. The molecule has 1 rings (SSSR count). The highest BCUT2D eigenvalue weighted by Gasteiger charge is 2.19. The fraction of sp³-hybridized carbons (Fsp3) is 0.917. The van der Waals surface area contributed by atoms with Gasteiger partial charge in [0.05, 0.1) is 0 Å². The summed E-state index contributed by atoms with van der Waals surface area (Å²) in [5.41, 5.74) is 0. The van der Waals surface area contributed by atoms with Crippen LogP contribution in [0.4, 0.5) is 0 Å². The van der Waals surface area contributed by atoms with E-state index in [9.17, 15) is 4.79 Å². The van der Waals surface area contributed by atoms with Crippen molar-refractivity contribution in [2.75, 3.05) is 0 Å². The van der Waals surface area contributed by atoms with Crippen LogP contribution in [0.3, 0.4) is 0 Å². The molecular formula is C12H23NO. The molecule has 0 spiro atoms. The lowest BCUT2D eigenvalue weighted by Crippen LogP contribution is -2.37. The minimum absolute atomic E-state index is 0.236. The lowest BCUT2D eigenvalue weighted by molar-refractivity contribution is -0.122. The second kappa shape index (κ2) is 5.38. The predicted octanol–water partition coefficient (Wildman–Crippen LogP) is 2.73. The van der Waals surface area contributed by atoms with Gasteiger partial charge in [-0.15, -0.1) is 0 Å². The average molecular weight is 197 g/mol. The van der Waals surface area contributed by atoms with Gasteiger partial charge in [0.15, 0.2) is 0 Å². The van der Waals surface area contributed by atoms with E-state index in [2.05, 4.69) is 26.1 Å². The van der Waals surface area contributed by atoms with E-state index >= 15 is 0 Å². The van der Waals surface area contributed by atoms with Gasteiger partial charge in [0.1, 0.15) is 0 Å². The number of hydrogen-bond donors (Lipinski definition) is 1. The van der Waals surface area contributed by atoms with E-state index in [0.717, 1.165) is 5.92 Å². The standard InChI is InChI=1S/C12H23NO/c1-9(2)8-12(14)13-11-6-4-10(3)5-7-11/h9-11H,4-8H2,1-3H3,(H,13,14)/t10-,11-. The van der Waals surface area contributed by atoms with Gasteiger partial charge in [-0.3, -0.25) is 4.79 Å². The first-order valence-electron chi connectivity index (χ1n) is 5.87. The number of amides is 1. The molecular weight excluding hydrogens is 174 g/mol. The summed E-state index contributed by atoms with van der Waals surface area (Å²) in [4.78, 5) is 11.5. The Hall–Kier alpha value is -0.530. The zero-order chi connectivity index (χ0) is 10.6. The maximum atomic E-state index is 11.5. The SMILES string of the molecule is CC(C)CC(=O)N[C@H]1CC[C@H](C)CC1. The van der Waals surface area contributed by atoms with Crippen molar-refractivity contribution in [1.29, 1.82) is 0 Å². The summed E-state index contributed by atoms with van der Waals surface area (Å²) >= 11 is 0. The van der Waals surface area contributed by atoms with Crippen LogP contribution in [0, 0.1) is 11.8 Å². The summed E-state index contributed by atoms with van der Waals surface area (Å²) < 4.78 is 0. The molecule has 0 saturated heterocycles. The second-order valence-corrected chi connectivity index (χ2v) is 5.12. The molecule has 0 aliphatic heterocycles. The molecule has 1 aliphatic rings. The third-order valence-electron chi connectivity index (χ3n) is 2.97. The maximum Gasteiger partial charge on any atom is 0.220 e. The minimum atomic E-state index is 0.236. The fourth-order valence-electron chi connectivity index (χ4n) is 2.06. The molecule has 0 bridgehead atoms. The van der Waals surface area contributed by atoms with Gasteiger partial charge in [-0.1, -0.05) is 20.8 Å². The lowest BCUT2D eigenvalue weighted by atomic mass is 9.87.